The summed E-state index contributed by atoms with van der Waals surface area (Å²) in [6.45, 7) is 0. The van der Waals surface area contributed by atoms with Crippen molar-refractivity contribution in [2.75, 3.05) is 0 Å². The first-order chi connectivity index (χ1) is 7.30. The van der Waals surface area contributed by atoms with E-state index in [0.29, 0.717) is 0 Å². The first-order valence-electron chi connectivity index (χ1n) is 6.53. The van der Waals surface area contributed by atoms with Gasteiger partial charge in [-0.25, -0.2) is 0 Å². The fourth-order valence-electron chi connectivity index (χ4n) is 2.41. The molecule has 0 aromatic heterocycles. The van der Waals surface area contributed by atoms with Gasteiger partial charge < -0.3 is 6.53 Å². The molecule has 0 atom stereocenters. The summed E-state index contributed by atoms with van der Waals surface area (Å²) < 4.78 is 0. The Morgan fingerprint density at radius 1 is 0.812 bits per heavy atom. The molecule has 1 fully saturated rings. The number of hydrogen-bond donors (Lipinski definition) is 1. The second-order valence-electron chi connectivity index (χ2n) is 4.79. The Morgan fingerprint density at radius 2 is 1.12 bits per heavy atom. The minimum absolute atomic E-state index is 0. The molecule has 2 nitrogen and oxygen atoms in total. The van der Waals surface area contributed by atoms with Crippen molar-refractivity contribution in [3.05, 3.63) is 0 Å². The van der Waals surface area contributed by atoms with Crippen LogP contribution in [0.5, 0.6) is 0 Å². The van der Waals surface area contributed by atoms with Crippen molar-refractivity contribution >= 4 is 5.97 Å². The maximum atomic E-state index is 11.0. The zero-order valence-electron chi connectivity index (χ0n) is 11.7. The van der Waals surface area contributed by atoms with Crippen molar-refractivity contribution in [3.63, 3.8) is 0 Å². The summed E-state index contributed by atoms with van der Waals surface area (Å²) in [6, 6.07) is 0. The third-order valence-electron chi connectivity index (χ3n) is 3.45. The van der Waals surface area contributed by atoms with E-state index in [0.717, 1.165) is 25.7 Å². The minimum atomic E-state index is -0.577. The van der Waals surface area contributed by atoms with E-state index in [1.807, 2.05) is 0 Å². The number of rotatable bonds is 1. The Bertz CT molecular complexity index is 176. The number of aliphatic carboxylic acids is 1. The number of carboxylic acids is 1. The van der Waals surface area contributed by atoms with E-state index in [2.05, 4.69) is 0 Å². The van der Waals surface area contributed by atoms with E-state index >= 15 is 0 Å². The maximum absolute atomic E-state index is 11.0. The van der Waals surface area contributed by atoms with Crippen LogP contribution in [0.3, 0.4) is 0 Å². The van der Waals surface area contributed by atoms with Gasteiger partial charge in [0.05, 0.1) is 5.92 Å². The average molecular weight is 220 g/mol. The summed E-state index contributed by atoms with van der Waals surface area (Å²) in [4.78, 5) is 11.0. The molecule has 0 saturated heterocycles. The third kappa shape index (κ3) is 7.36. The molecule has 0 aliphatic heterocycles. The van der Waals surface area contributed by atoms with Gasteiger partial charge in [0, 0.05) is 0 Å². The Kier molecular flexibility index (Phi) is 10.3. The van der Waals surface area contributed by atoms with Crippen LogP contribution in [-0.2, 0) is 4.79 Å². The molecular formula is C13H25LiO2. The molecule has 0 unspecified atom stereocenters. The molecule has 0 aromatic rings. The van der Waals surface area contributed by atoms with Crippen LogP contribution < -0.4 is 18.9 Å². The minimum Gasteiger partial charge on any atom is -1.00 e. The normalized spacial score (nSPS) is 21.2. The molecule has 3 heteroatoms. The molecule has 0 radical (unpaired) electrons. The molecule has 16 heavy (non-hydrogen) atoms. The molecule has 1 saturated carbocycles. The van der Waals surface area contributed by atoms with Crippen LogP contribution in [0.15, 0.2) is 0 Å². The molecule has 0 bridgehead atoms. The van der Waals surface area contributed by atoms with E-state index in [1.54, 1.807) is 0 Å². The summed E-state index contributed by atoms with van der Waals surface area (Å²) >= 11 is 0. The van der Waals surface area contributed by atoms with Crippen LogP contribution in [0.1, 0.15) is 72.1 Å². The van der Waals surface area contributed by atoms with Crippen LogP contribution in [0.25, 0.3) is 0 Å². The van der Waals surface area contributed by atoms with Gasteiger partial charge in [-0.15, -0.1) is 0 Å². The van der Waals surface area contributed by atoms with Crippen LogP contribution >= 0.6 is 0 Å². The maximum Gasteiger partial charge on any atom is 1.00 e. The summed E-state index contributed by atoms with van der Waals surface area (Å²) in [5.41, 5.74) is 0. The zero-order chi connectivity index (χ0) is 10.9. The predicted octanol–water partition coefficient (Wildman–Crippen LogP) is 1.11. The summed E-state index contributed by atoms with van der Waals surface area (Å²) in [5, 5.41) is 9.04. The average Bonchev–Trinajstić information content (AvgIpc) is 2.18. The molecule has 1 aliphatic rings. The van der Waals surface area contributed by atoms with Crippen LogP contribution in [-0.4, -0.2) is 11.1 Å². The van der Waals surface area contributed by atoms with Crippen molar-refractivity contribution in [1.82, 2.24) is 0 Å². The monoisotopic (exact) mass is 220 g/mol. The van der Waals surface area contributed by atoms with Gasteiger partial charge in [-0.1, -0.05) is 57.8 Å². The van der Waals surface area contributed by atoms with Crippen LogP contribution in [0.4, 0.5) is 0 Å². The van der Waals surface area contributed by atoms with Gasteiger partial charge in [0.25, 0.3) is 0 Å². The third-order valence-corrected chi connectivity index (χ3v) is 3.45. The second-order valence-corrected chi connectivity index (χ2v) is 4.79. The predicted molar refractivity (Wildman–Crippen MR) is 63.0 cm³/mol. The molecule has 0 spiro atoms. The molecule has 0 aromatic carbocycles. The van der Waals surface area contributed by atoms with Gasteiger partial charge in [-0.3, -0.25) is 4.79 Å². The van der Waals surface area contributed by atoms with Crippen LogP contribution in [0, 0.1) is 5.92 Å². The van der Waals surface area contributed by atoms with E-state index in [9.17, 15) is 4.79 Å². The van der Waals surface area contributed by atoms with Crippen molar-refractivity contribution in [2.24, 2.45) is 5.92 Å². The summed E-state index contributed by atoms with van der Waals surface area (Å²) in [7, 11) is 0. The fourth-order valence-corrected chi connectivity index (χ4v) is 2.41. The molecular weight excluding hydrogens is 195 g/mol. The van der Waals surface area contributed by atoms with Gasteiger partial charge in [0.15, 0.2) is 0 Å². The number of hydrogen-bond acceptors (Lipinski definition) is 1. The zero-order valence-corrected chi connectivity index (χ0v) is 10.7. The molecule has 90 valence electrons. The van der Waals surface area contributed by atoms with Crippen molar-refractivity contribution in [3.8, 4) is 0 Å². The Hall–Kier alpha value is 0.0674. The molecule has 1 N–H and O–H groups in total. The summed E-state index contributed by atoms with van der Waals surface area (Å²) in [5.74, 6) is -0.642. The smallest absolute Gasteiger partial charge is 1.00 e. The Morgan fingerprint density at radius 3 is 1.44 bits per heavy atom. The van der Waals surface area contributed by atoms with E-state index in [4.69, 9.17) is 5.11 Å². The topological polar surface area (TPSA) is 37.3 Å². The quantitative estimate of drug-likeness (QED) is 0.672. The summed E-state index contributed by atoms with van der Waals surface area (Å²) in [6.07, 6.45) is 13.1. The standard InChI is InChI=1S/C13H24O2.Li.H/c14-13(15)12-10-8-6-4-2-1-3-5-7-9-11-12;;/h12H,1-11H2,(H,14,15);;/q;+1;-1. The number of carbonyl (C=O) groups is 1. The van der Waals surface area contributed by atoms with Gasteiger partial charge in [0.1, 0.15) is 0 Å². The van der Waals surface area contributed by atoms with Gasteiger partial charge in [-0.2, -0.15) is 0 Å². The fraction of sp³-hybridized carbons (Fsp3) is 0.923. The van der Waals surface area contributed by atoms with E-state index < -0.39 is 5.97 Å². The van der Waals surface area contributed by atoms with E-state index in [-0.39, 0.29) is 26.2 Å². The van der Waals surface area contributed by atoms with Gasteiger partial charge >= 0.3 is 24.8 Å². The van der Waals surface area contributed by atoms with E-state index in [1.165, 1.54) is 44.9 Å². The van der Waals surface area contributed by atoms with Crippen LogP contribution in [0.2, 0.25) is 0 Å². The van der Waals surface area contributed by atoms with Crippen molar-refractivity contribution < 1.29 is 30.2 Å². The molecule has 1 aliphatic carbocycles. The van der Waals surface area contributed by atoms with Gasteiger partial charge in [0.2, 0.25) is 0 Å². The molecule has 1 rings (SSSR count). The van der Waals surface area contributed by atoms with Crippen molar-refractivity contribution in [2.45, 2.75) is 70.6 Å². The van der Waals surface area contributed by atoms with Crippen molar-refractivity contribution in [1.29, 1.82) is 0 Å². The SMILES string of the molecule is O=C(O)C1CCCCCCCCCCC1.[H-].[Li+]. The second kappa shape index (κ2) is 10.2. The molecule has 0 amide bonds. The molecule has 0 heterocycles. The first-order valence-corrected chi connectivity index (χ1v) is 6.53. The Balaban J connectivity index is 0. The number of carboxylic acid groups (broad SMARTS) is 1. The largest absolute Gasteiger partial charge is 1.00 e. The Labute approximate surface area is 113 Å². The van der Waals surface area contributed by atoms with Gasteiger partial charge in [-0.05, 0) is 12.8 Å². The first kappa shape index (κ1) is 16.1.